The molecule has 170 valence electrons. The molecule has 1 aliphatic heterocycles. The van der Waals surface area contributed by atoms with Crippen molar-refractivity contribution in [1.82, 2.24) is 0 Å². The topological polar surface area (TPSA) is 59.1 Å². The molecule has 0 aromatic heterocycles. The summed E-state index contributed by atoms with van der Waals surface area (Å²) in [6, 6.07) is 6.90. The molecule has 0 bridgehead atoms. The van der Waals surface area contributed by atoms with Gasteiger partial charge in [0, 0.05) is 0 Å². The van der Waals surface area contributed by atoms with Crippen molar-refractivity contribution < 1.29 is 13.5 Å². The SMILES string of the molecule is CC.[CH3][Sb]([c]1cccc(C(F)(F)P)c1)[C]1(C)CCOC(/C(N)=C/C(=N)C(C)(C)C)C1. The predicted molar refractivity (Wildman–Crippen MR) is 129 cm³/mol. The molecule has 3 N–H and O–H groups in total. The molecule has 2 rings (SSSR count). The van der Waals surface area contributed by atoms with Crippen molar-refractivity contribution in [1.29, 1.82) is 5.41 Å². The summed E-state index contributed by atoms with van der Waals surface area (Å²) < 4.78 is 34.5. The Labute approximate surface area is 190 Å². The molecule has 0 saturated carbocycles. The summed E-state index contributed by atoms with van der Waals surface area (Å²) in [5.74, 6) is 0. The van der Waals surface area contributed by atoms with Gasteiger partial charge in [-0.15, -0.1) is 0 Å². The van der Waals surface area contributed by atoms with Gasteiger partial charge < -0.3 is 0 Å². The van der Waals surface area contributed by atoms with Gasteiger partial charge in [0.05, 0.1) is 0 Å². The van der Waals surface area contributed by atoms with Crippen LogP contribution in [0.4, 0.5) is 8.78 Å². The van der Waals surface area contributed by atoms with Crippen LogP contribution in [0.2, 0.25) is 8.23 Å². The van der Waals surface area contributed by atoms with Crippen LogP contribution in [0, 0.1) is 10.8 Å². The van der Waals surface area contributed by atoms with E-state index in [1.54, 1.807) is 27.4 Å². The first kappa shape index (κ1) is 27.5. The Kier molecular flexibility index (Phi) is 9.99. The zero-order valence-corrected chi connectivity index (χ0v) is 23.1. The maximum atomic E-state index is 13.7. The molecule has 1 fully saturated rings. The first-order valence-electron chi connectivity index (χ1n) is 10.4. The first-order valence-corrected chi connectivity index (χ1v) is 16.1. The quantitative estimate of drug-likeness (QED) is 0.277. The third kappa shape index (κ3) is 7.28. The van der Waals surface area contributed by atoms with Crippen molar-refractivity contribution in [2.24, 2.45) is 11.1 Å². The molecule has 0 amide bonds. The fourth-order valence-electron chi connectivity index (χ4n) is 3.21. The second-order valence-electron chi connectivity index (χ2n) is 8.85. The van der Waals surface area contributed by atoms with Crippen molar-refractivity contribution >= 4 is 38.7 Å². The van der Waals surface area contributed by atoms with Gasteiger partial charge in [0.2, 0.25) is 0 Å². The minimum absolute atomic E-state index is 0.0445. The van der Waals surface area contributed by atoms with Crippen LogP contribution in [-0.4, -0.2) is 38.6 Å². The van der Waals surface area contributed by atoms with Crippen molar-refractivity contribution in [3.05, 3.63) is 41.6 Å². The van der Waals surface area contributed by atoms with Crippen LogP contribution in [0.25, 0.3) is 0 Å². The van der Waals surface area contributed by atoms with Crippen LogP contribution in [-0.2, 0) is 10.4 Å². The van der Waals surface area contributed by atoms with E-state index in [2.05, 4.69) is 11.8 Å². The summed E-state index contributed by atoms with van der Waals surface area (Å²) in [5.41, 5.74) is 4.25. The maximum absolute atomic E-state index is 13.7. The number of nitrogens with two attached hydrogens (primary N) is 1. The van der Waals surface area contributed by atoms with Crippen molar-refractivity contribution in [2.45, 2.75) is 74.4 Å². The van der Waals surface area contributed by atoms with Gasteiger partial charge in [-0.05, 0) is 0 Å². The third-order valence-corrected chi connectivity index (χ3v) is 14.6. The number of hydrogen-bond acceptors (Lipinski definition) is 3. The number of hydrogen-bond donors (Lipinski definition) is 2. The molecular weight excluding hydrogens is 511 g/mol. The second-order valence-corrected chi connectivity index (χ2v) is 17.3. The van der Waals surface area contributed by atoms with Gasteiger partial charge in [0.1, 0.15) is 0 Å². The van der Waals surface area contributed by atoms with Crippen LogP contribution < -0.4 is 9.24 Å². The van der Waals surface area contributed by atoms with E-state index < -0.39 is 25.9 Å². The zero-order valence-electron chi connectivity index (χ0n) is 19.4. The Morgan fingerprint density at radius 2 is 1.93 bits per heavy atom. The summed E-state index contributed by atoms with van der Waals surface area (Å²) in [5, 5.41) is 8.22. The molecule has 0 aliphatic carbocycles. The van der Waals surface area contributed by atoms with Gasteiger partial charge in [-0.2, -0.15) is 0 Å². The van der Waals surface area contributed by atoms with E-state index in [0.717, 1.165) is 16.4 Å². The van der Waals surface area contributed by atoms with Gasteiger partial charge >= 0.3 is 177 Å². The molecule has 1 aromatic rings. The van der Waals surface area contributed by atoms with E-state index >= 15 is 0 Å². The Morgan fingerprint density at radius 1 is 1.33 bits per heavy atom. The Hall–Kier alpha value is -0.502. The van der Waals surface area contributed by atoms with Crippen molar-refractivity contribution in [2.75, 3.05) is 6.61 Å². The number of benzene rings is 1. The number of ether oxygens (including phenoxy) is 1. The van der Waals surface area contributed by atoms with E-state index in [-0.39, 0.29) is 20.4 Å². The minimum atomic E-state index is -2.91. The number of rotatable bonds is 5. The zero-order chi connectivity index (χ0) is 23.3. The van der Waals surface area contributed by atoms with Gasteiger partial charge in [0.25, 0.3) is 0 Å². The monoisotopic (exact) mass is 548 g/mol. The molecule has 0 radical (unpaired) electrons. The van der Waals surface area contributed by atoms with Crippen LogP contribution in [0.15, 0.2) is 36.0 Å². The summed E-state index contributed by atoms with van der Waals surface area (Å²) in [7, 11) is 1.63. The Bertz CT molecular complexity index is 758. The molecule has 1 aliphatic rings. The van der Waals surface area contributed by atoms with Gasteiger partial charge in [-0.3, -0.25) is 0 Å². The molecule has 3 atom stereocenters. The summed E-state index contributed by atoms with van der Waals surface area (Å²) in [4.78, 5) is 2.27. The van der Waals surface area contributed by atoms with Crippen LogP contribution in [0.5, 0.6) is 0 Å². The first-order chi connectivity index (χ1) is 13.7. The number of nitrogens with one attached hydrogen (secondary N) is 1. The molecule has 1 saturated heterocycles. The fraction of sp³-hybridized carbons (Fsp3) is 0.609. The van der Waals surface area contributed by atoms with Crippen LogP contribution >= 0.6 is 9.24 Å². The van der Waals surface area contributed by atoms with E-state index in [0.29, 0.717) is 18.0 Å². The van der Waals surface area contributed by atoms with Gasteiger partial charge in [0.15, 0.2) is 0 Å². The standard InChI is InChI=1S/C13H23N2O.C7H6F2P.C2H6.CH3.Sb/c1-9-5-6-16-11(7-9)10(14)8-12(15)13(2,3)4;8-7(9,10)6-4-2-1-3-5-6;1-2;;/h8,11,15H,5-7,14H2,1-4H3;1-2,4-5H,10H2;1-2H3;1H3;/b10-8-,15-12?;;;;. The van der Waals surface area contributed by atoms with Crippen LogP contribution in [0.3, 0.4) is 0 Å². The van der Waals surface area contributed by atoms with E-state index in [9.17, 15) is 8.78 Å². The van der Waals surface area contributed by atoms with E-state index in [1.807, 2.05) is 40.7 Å². The van der Waals surface area contributed by atoms with E-state index in [4.69, 9.17) is 15.9 Å². The third-order valence-electron chi connectivity index (χ3n) is 5.50. The van der Waals surface area contributed by atoms with Crippen molar-refractivity contribution in [3.8, 4) is 0 Å². The summed E-state index contributed by atoms with van der Waals surface area (Å²) in [6.07, 6.45) is 3.19. The predicted octanol–water partition coefficient (Wildman–Crippen LogP) is 5.82. The molecule has 7 heteroatoms. The average Bonchev–Trinajstić information content (AvgIpc) is 2.67. The normalized spacial score (nSPS) is 23.0. The second kappa shape index (κ2) is 10.9. The van der Waals surface area contributed by atoms with Gasteiger partial charge in [-0.25, -0.2) is 0 Å². The molecule has 3 unspecified atom stereocenters. The summed E-state index contributed by atoms with van der Waals surface area (Å²) >= 11 is -2.09. The van der Waals surface area contributed by atoms with E-state index in [1.165, 1.54) is 6.07 Å². The molecule has 3 nitrogen and oxygen atoms in total. The van der Waals surface area contributed by atoms with Crippen LogP contribution in [0.1, 0.15) is 59.9 Å². The average molecular weight is 549 g/mol. The number of halogens is 2. The van der Waals surface area contributed by atoms with Crippen molar-refractivity contribution in [3.63, 3.8) is 0 Å². The van der Waals surface area contributed by atoms with Gasteiger partial charge in [-0.1, -0.05) is 13.8 Å². The number of allylic oxidation sites excluding steroid dienone is 1. The fourth-order valence-corrected chi connectivity index (χ4v) is 9.47. The molecule has 1 aromatic carbocycles. The number of alkyl halides is 2. The molecule has 1 heterocycles. The summed E-state index contributed by atoms with van der Waals surface area (Å²) in [6.45, 7) is 12.8. The molecule has 0 spiro atoms. The molecule has 30 heavy (non-hydrogen) atoms. The Balaban J connectivity index is 0.00000218. The Morgan fingerprint density at radius 3 is 2.47 bits per heavy atom. The molecular formula is C23H38F2N2OPSb.